The number of hydrogen-bond donors (Lipinski definition) is 8. The number of amides is 4. The molecule has 1 heterocycles. The van der Waals surface area contributed by atoms with Crippen LogP contribution in [0.2, 0.25) is 0 Å². The van der Waals surface area contributed by atoms with Gasteiger partial charge in [0.25, 0.3) is 5.91 Å². The van der Waals surface area contributed by atoms with Gasteiger partial charge >= 0.3 is 0 Å². The highest BCUT2D eigenvalue weighted by Crippen LogP contribution is 2.18. The van der Waals surface area contributed by atoms with E-state index in [1.807, 2.05) is 36.4 Å². The van der Waals surface area contributed by atoms with Crippen LogP contribution in [0.1, 0.15) is 30.9 Å². The van der Waals surface area contributed by atoms with E-state index in [0.717, 1.165) is 10.8 Å². The highest BCUT2D eigenvalue weighted by molar-refractivity contribution is 6.04. The highest BCUT2D eigenvalue weighted by Gasteiger charge is 2.36. The smallest absolute Gasteiger partial charge is 0.268 e. The maximum Gasteiger partial charge on any atom is 0.268 e. The number of nitrogens with two attached hydrogens (primary N) is 2. The van der Waals surface area contributed by atoms with Crippen LogP contribution >= 0.6 is 0 Å². The third kappa shape index (κ3) is 9.61. The minimum Gasteiger partial charge on any atom is -0.508 e. The summed E-state index contributed by atoms with van der Waals surface area (Å²) in [6, 6.07) is 16.8. The molecule has 3 aromatic carbocycles. The summed E-state index contributed by atoms with van der Waals surface area (Å²) in [7, 11) is 0. The van der Waals surface area contributed by atoms with Gasteiger partial charge in [-0.3, -0.25) is 34.3 Å². The lowest BCUT2D eigenvalue weighted by Gasteiger charge is -2.34. The molecule has 0 radical (unpaired) electrons. The first-order valence-corrected chi connectivity index (χ1v) is 15.0. The van der Waals surface area contributed by atoms with E-state index in [1.165, 1.54) is 25.1 Å². The molecule has 1 aliphatic rings. The Morgan fingerprint density at radius 3 is 2.43 bits per heavy atom. The van der Waals surface area contributed by atoms with Gasteiger partial charge in [0, 0.05) is 13.0 Å². The number of rotatable bonds is 8. The second-order valence-electron chi connectivity index (χ2n) is 11.2. The summed E-state index contributed by atoms with van der Waals surface area (Å²) in [4.78, 5) is 70.2. The molecular formula is C33H38N8O6. The van der Waals surface area contributed by atoms with E-state index in [4.69, 9.17) is 11.5 Å². The summed E-state index contributed by atoms with van der Waals surface area (Å²) in [6.07, 6.45) is 2.23. The van der Waals surface area contributed by atoms with Crippen molar-refractivity contribution in [3.05, 3.63) is 83.6 Å². The maximum atomic E-state index is 13.6. The number of aldehydes is 1. The first kappa shape index (κ1) is 34.1. The number of carbonyl (C=O) groups is 5. The van der Waals surface area contributed by atoms with Crippen molar-refractivity contribution in [3.63, 3.8) is 0 Å². The summed E-state index contributed by atoms with van der Waals surface area (Å²) in [5.74, 6) is -2.98. The van der Waals surface area contributed by atoms with E-state index in [2.05, 4.69) is 31.6 Å². The quantitative estimate of drug-likeness (QED) is 0.0539. The van der Waals surface area contributed by atoms with Crippen molar-refractivity contribution in [1.29, 1.82) is 0 Å². The summed E-state index contributed by atoms with van der Waals surface area (Å²) in [6.45, 7) is 1.10. The SMILES string of the molecule is C[C@H]1N[C@@](C=O)(Cc2ccc(O)cc2)NC(=O)CNC(=O)/C(=C\c2ccc3ccccc3c2)NC(=O)[C@H](CCCN=C(N)N)NC1=O. The molecule has 246 valence electrons. The predicted octanol–water partition coefficient (Wildman–Crippen LogP) is -0.0971. The summed E-state index contributed by atoms with van der Waals surface area (Å²) >= 11 is 0. The molecule has 3 aromatic rings. The Hall–Kier alpha value is -5.76. The van der Waals surface area contributed by atoms with E-state index in [0.29, 0.717) is 23.8 Å². The van der Waals surface area contributed by atoms with Crippen LogP contribution in [0.15, 0.2) is 77.4 Å². The fourth-order valence-corrected chi connectivity index (χ4v) is 5.08. The molecule has 0 aromatic heterocycles. The van der Waals surface area contributed by atoms with Crippen molar-refractivity contribution in [2.45, 2.75) is 43.9 Å². The van der Waals surface area contributed by atoms with Crippen LogP contribution in [0.4, 0.5) is 0 Å². The second-order valence-corrected chi connectivity index (χ2v) is 11.2. The van der Waals surface area contributed by atoms with Gasteiger partial charge in [-0.2, -0.15) is 0 Å². The Morgan fingerprint density at radius 1 is 1.00 bits per heavy atom. The number of phenolic OH excluding ortho intramolecular Hbond substituents is 1. The highest BCUT2D eigenvalue weighted by atomic mass is 16.3. The number of aliphatic imine (C=N–C) groups is 1. The molecule has 14 heteroatoms. The van der Waals surface area contributed by atoms with Gasteiger partial charge in [0.2, 0.25) is 17.7 Å². The molecule has 0 bridgehead atoms. The van der Waals surface area contributed by atoms with Crippen LogP contribution in [-0.2, 0) is 30.4 Å². The van der Waals surface area contributed by atoms with Crippen molar-refractivity contribution in [1.82, 2.24) is 26.6 Å². The van der Waals surface area contributed by atoms with Gasteiger partial charge in [-0.15, -0.1) is 0 Å². The van der Waals surface area contributed by atoms with Crippen molar-refractivity contribution in [3.8, 4) is 5.75 Å². The van der Waals surface area contributed by atoms with Gasteiger partial charge in [-0.25, -0.2) is 0 Å². The zero-order valence-electron chi connectivity index (χ0n) is 25.8. The average Bonchev–Trinajstić information content (AvgIpc) is 3.04. The number of aromatic hydroxyl groups is 1. The number of carbonyl (C=O) groups excluding carboxylic acids is 5. The van der Waals surface area contributed by atoms with Gasteiger partial charge in [0.1, 0.15) is 17.5 Å². The molecule has 1 saturated heterocycles. The molecule has 1 fully saturated rings. The number of hydrogen-bond acceptors (Lipinski definition) is 8. The Kier molecular flexibility index (Phi) is 11.2. The van der Waals surface area contributed by atoms with Gasteiger partial charge < -0.3 is 37.8 Å². The summed E-state index contributed by atoms with van der Waals surface area (Å²) in [5.41, 5.74) is 10.0. The van der Waals surface area contributed by atoms with E-state index in [-0.39, 0.29) is 36.8 Å². The van der Waals surface area contributed by atoms with E-state index in [1.54, 1.807) is 18.2 Å². The van der Waals surface area contributed by atoms with Gasteiger partial charge in [-0.1, -0.05) is 48.5 Å². The normalized spacial score (nSPS) is 21.9. The van der Waals surface area contributed by atoms with Crippen LogP contribution in [0, 0.1) is 0 Å². The molecule has 10 N–H and O–H groups in total. The Labute approximate surface area is 271 Å². The van der Waals surface area contributed by atoms with E-state index >= 15 is 0 Å². The van der Waals surface area contributed by atoms with Crippen molar-refractivity contribution in [2.75, 3.05) is 13.1 Å². The molecule has 0 saturated carbocycles. The summed E-state index contributed by atoms with van der Waals surface area (Å²) in [5, 5.41) is 24.9. The molecular weight excluding hydrogens is 604 g/mol. The standard InChI is InChI=1S/C33H38N8O6/c1-20-29(45)38-26(7-4-14-36-32(34)35)31(47)39-27(16-22-8-11-23-5-2-3-6-24(23)15-22)30(46)37-18-28(44)41-33(19-42,40-20)17-21-9-12-25(43)13-10-21/h2-3,5-6,8-13,15-16,19-20,26,40,43H,4,7,14,17-18H2,1H3,(H,37,46)(H,38,45)(H,39,47)(H,41,44)(H4,34,35,36)/b27-16+/t20-,26+,33+/m1/s1. The number of phenols is 1. The van der Waals surface area contributed by atoms with Gasteiger partial charge in [0.05, 0.1) is 12.6 Å². The summed E-state index contributed by atoms with van der Waals surface area (Å²) < 4.78 is 0. The average molecular weight is 643 g/mol. The zero-order chi connectivity index (χ0) is 34.0. The van der Waals surface area contributed by atoms with Gasteiger partial charge in [-0.05, 0) is 65.9 Å². The lowest BCUT2D eigenvalue weighted by molar-refractivity contribution is -0.133. The number of fused-ring (bicyclic) bond motifs is 1. The Balaban J connectivity index is 1.70. The number of guanidine groups is 1. The molecule has 0 aliphatic carbocycles. The molecule has 3 atom stereocenters. The maximum absolute atomic E-state index is 13.6. The molecule has 0 spiro atoms. The van der Waals surface area contributed by atoms with Crippen LogP contribution in [0.3, 0.4) is 0 Å². The third-order valence-corrected chi connectivity index (χ3v) is 7.43. The lowest BCUT2D eigenvalue weighted by atomic mass is 9.98. The third-order valence-electron chi connectivity index (χ3n) is 7.43. The fourth-order valence-electron chi connectivity index (χ4n) is 5.08. The van der Waals surface area contributed by atoms with Crippen LogP contribution in [-0.4, -0.2) is 71.8 Å². The van der Waals surface area contributed by atoms with Crippen LogP contribution in [0.5, 0.6) is 5.75 Å². The minimum absolute atomic E-state index is 0.00377. The molecule has 1 aliphatic heterocycles. The predicted molar refractivity (Wildman–Crippen MR) is 176 cm³/mol. The van der Waals surface area contributed by atoms with Crippen molar-refractivity contribution < 1.29 is 29.1 Å². The van der Waals surface area contributed by atoms with Gasteiger partial charge in [0.15, 0.2) is 17.9 Å². The zero-order valence-corrected chi connectivity index (χ0v) is 25.8. The van der Waals surface area contributed by atoms with Crippen LogP contribution in [0.25, 0.3) is 16.8 Å². The molecule has 47 heavy (non-hydrogen) atoms. The molecule has 14 nitrogen and oxygen atoms in total. The largest absolute Gasteiger partial charge is 0.508 e. The Morgan fingerprint density at radius 2 is 1.72 bits per heavy atom. The Bertz CT molecular complexity index is 1700. The number of nitrogens with one attached hydrogen (secondary N) is 5. The molecule has 4 amide bonds. The van der Waals surface area contributed by atoms with E-state index < -0.39 is 47.9 Å². The van der Waals surface area contributed by atoms with Crippen molar-refractivity contribution >= 4 is 52.7 Å². The lowest BCUT2D eigenvalue weighted by Crippen LogP contribution is -2.67. The first-order valence-electron chi connectivity index (χ1n) is 15.0. The number of nitrogens with zero attached hydrogens (tertiary/aromatic N) is 1. The molecule has 0 unspecified atom stereocenters. The fraction of sp³-hybridized carbons (Fsp3) is 0.273. The van der Waals surface area contributed by atoms with Crippen LogP contribution < -0.4 is 38.1 Å². The monoisotopic (exact) mass is 642 g/mol. The molecule has 4 rings (SSSR count). The van der Waals surface area contributed by atoms with Crippen molar-refractivity contribution in [2.24, 2.45) is 16.5 Å². The second kappa shape index (κ2) is 15.5. The van der Waals surface area contributed by atoms with E-state index in [9.17, 15) is 29.1 Å². The number of benzene rings is 3. The first-order chi connectivity index (χ1) is 22.5. The minimum atomic E-state index is -1.80. The topological polar surface area (TPSA) is 230 Å².